The molecule has 0 spiro atoms. The molecule has 7 heteroatoms. The van der Waals surface area contributed by atoms with E-state index in [2.05, 4.69) is 16.6 Å². The van der Waals surface area contributed by atoms with Crippen molar-refractivity contribution in [2.45, 2.75) is 4.90 Å². The fraction of sp³-hybridized carbons (Fsp3) is 0.0909. The molecule has 0 aromatic heterocycles. The first-order valence-electron chi connectivity index (χ1n) is 5.06. The summed E-state index contributed by atoms with van der Waals surface area (Å²) in [5.41, 5.74) is 0.397. The topological polar surface area (TPSA) is 92.3 Å². The average Bonchev–Trinajstić information content (AvgIpc) is 2.62. The quantitative estimate of drug-likeness (QED) is 0.605. The molecule has 2 N–H and O–H groups in total. The maximum Gasteiger partial charge on any atom is 0.296 e. The first-order chi connectivity index (χ1) is 8.45. The van der Waals surface area contributed by atoms with Crippen molar-refractivity contribution in [3.63, 3.8) is 0 Å². The Morgan fingerprint density at radius 2 is 2.06 bits per heavy atom. The average molecular weight is 266 g/mol. The normalized spacial score (nSPS) is 14.2. The lowest BCUT2D eigenvalue weighted by atomic mass is 10.1. The van der Waals surface area contributed by atoms with Crippen LogP contribution in [0.2, 0.25) is 0 Å². The highest BCUT2D eigenvalue weighted by molar-refractivity contribution is 7.89. The Kier molecular flexibility index (Phi) is 3.02. The molecule has 94 valence electrons. The molecule has 0 saturated carbocycles. The van der Waals surface area contributed by atoms with E-state index in [-0.39, 0.29) is 17.0 Å². The van der Waals surface area contributed by atoms with E-state index in [4.69, 9.17) is 0 Å². The fourth-order valence-electron chi connectivity index (χ4n) is 1.54. The standard InChI is InChI=1S/C11H10N2O4S/c1-2-5-12-18(16,17)7-3-4-9-8(6-7)10(14)11(15)13-9/h2-4,6,12H,1,5H2,(H,13,14,15). The van der Waals surface area contributed by atoms with Gasteiger partial charge in [-0.15, -0.1) is 6.58 Å². The number of fused-ring (bicyclic) bond motifs is 1. The molecule has 1 heterocycles. The molecule has 18 heavy (non-hydrogen) atoms. The molecule has 0 bridgehead atoms. The van der Waals surface area contributed by atoms with E-state index in [1.807, 2.05) is 0 Å². The Morgan fingerprint density at radius 1 is 1.33 bits per heavy atom. The highest BCUT2D eigenvalue weighted by atomic mass is 32.2. The van der Waals surface area contributed by atoms with Gasteiger partial charge in [0.25, 0.3) is 11.7 Å². The third kappa shape index (κ3) is 2.05. The molecule has 2 rings (SSSR count). The number of carbonyl (C=O) groups excluding carboxylic acids is 2. The number of rotatable bonds is 4. The molecule has 6 nitrogen and oxygen atoms in total. The molecule has 1 aromatic rings. The molecule has 0 radical (unpaired) electrons. The van der Waals surface area contributed by atoms with Gasteiger partial charge in [0, 0.05) is 6.54 Å². The minimum atomic E-state index is -3.70. The van der Waals surface area contributed by atoms with Crippen molar-refractivity contribution in [1.29, 1.82) is 0 Å². The zero-order valence-electron chi connectivity index (χ0n) is 9.26. The molecule has 1 aliphatic heterocycles. The summed E-state index contributed by atoms with van der Waals surface area (Å²) < 4.78 is 25.9. The maximum absolute atomic E-state index is 11.8. The summed E-state index contributed by atoms with van der Waals surface area (Å²) in [4.78, 5) is 22.5. The molecular weight excluding hydrogens is 256 g/mol. The number of benzene rings is 1. The summed E-state index contributed by atoms with van der Waals surface area (Å²) in [5, 5.41) is 2.35. The number of carbonyl (C=O) groups is 2. The van der Waals surface area contributed by atoms with Crippen LogP contribution in [0.25, 0.3) is 0 Å². The van der Waals surface area contributed by atoms with Crippen LogP contribution in [0, 0.1) is 0 Å². The summed E-state index contributed by atoms with van der Waals surface area (Å²) in [5.74, 6) is -1.48. The molecule has 1 amide bonds. The van der Waals surface area contributed by atoms with Gasteiger partial charge in [0.15, 0.2) is 0 Å². The molecule has 1 aliphatic rings. The van der Waals surface area contributed by atoms with Crippen molar-refractivity contribution < 1.29 is 18.0 Å². The number of Topliss-reactive ketones (excluding diaryl/α,β-unsaturated/α-hetero) is 1. The summed E-state index contributed by atoms with van der Waals surface area (Å²) >= 11 is 0. The van der Waals surface area contributed by atoms with Crippen LogP contribution in [0.3, 0.4) is 0 Å². The predicted molar refractivity (Wildman–Crippen MR) is 64.8 cm³/mol. The van der Waals surface area contributed by atoms with Crippen molar-refractivity contribution in [2.24, 2.45) is 0 Å². The third-order valence-corrected chi connectivity index (χ3v) is 3.84. The lowest BCUT2D eigenvalue weighted by molar-refractivity contribution is -0.112. The van der Waals surface area contributed by atoms with Crippen LogP contribution in [0.4, 0.5) is 5.69 Å². The van der Waals surface area contributed by atoms with Crippen molar-refractivity contribution in [2.75, 3.05) is 11.9 Å². The van der Waals surface area contributed by atoms with Gasteiger partial charge in [-0.1, -0.05) is 6.08 Å². The smallest absolute Gasteiger partial charge is 0.296 e. The van der Waals surface area contributed by atoms with Crippen molar-refractivity contribution in [3.8, 4) is 0 Å². The summed E-state index contributed by atoms with van der Waals surface area (Å²) in [7, 11) is -3.70. The molecule has 0 saturated heterocycles. The Bertz CT molecular complexity index is 649. The zero-order valence-corrected chi connectivity index (χ0v) is 10.1. The summed E-state index contributed by atoms with van der Waals surface area (Å²) in [6, 6.07) is 3.89. The monoisotopic (exact) mass is 266 g/mol. The third-order valence-electron chi connectivity index (χ3n) is 2.42. The SMILES string of the molecule is C=CCNS(=O)(=O)c1ccc2c(c1)C(=O)C(=O)N2. The predicted octanol–water partition coefficient (Wildman–Crippen LogP) is 0.286. The van der Waals surface area contributed by atoms with Gasteiger partial charge >= 0.3 is 0 Å². The number of amides is 1. The molecule has 0 atom stereocenters. The van der Waals surface area contributed by atoms with Gasteiger partial charge in [0.1, 0.15) is 0 Å². The van der Waals surface area contributed by atoms with Crippen LogP contribution >= 0.6 is 0 Å². The Hall–Kier alpha value is -1.99. The number of hydrogen-bond acceptors (Lipinski definition) is 4. The lowest BCUT2D eigenvalue weighted by Gasteiger charge is -2.05. The Labute approximate surface area is 104 Å². The minimum Gasteiger partial charge on any atom is -0.318 e. The van der Waals surface area contributed by atoms with Gasteiger partial charge in [-0.25, -0.2) is 13.1 Å². The van der Waals surface area contributed by atoms with Crippen molar-refractivity contribution in [1.82, 2.24) is 4.72 Å². The number of sulfonamides is 1. The van der Waals surface area contributed by atoms with E-state index in [0.29, 0.717) is 5.69 Å². The van der Waals surface area contributed by atoms with E-state index in [9.17, 15) is 18.0 Å². The highest BCUT2D eigenvalue weighted by Crippen LogP contribution is 2.25. The Morgan fingerprint density at radius 3 is 2.72 bits per heavy atom. The van der Waals surface area contributed by atoms with Gasteiger partial charge < -0.3 is 5.32 Å². The van der Waals surface area contributed by atoms with Crippen LogP contribution in [-0.2, 0) is 14.8 Å². The first kappa shape index (κ1) is 12.5. The minimum absolute atomic E-state index is 0.0621. The van der Waals surface area contributed by atoms with Crippen LogP contribution in [0.5, 0.6) is 0 Å². The van der Waals surface area contributed by atoms with Gasteiger partial charge in [-0.2, -0.15) is 0 Å². The van der Waals surface area contributed by atoms with E-state index in [1.54, 1.807) is 0 Å². The largest absolute Gasteiger partial charge is 0.318 e. The fourth-order valence-corrected chi connectivity index (χ4v) is 2.56. The summed E-state index contributed by atoms with van der Waals surface area (Å²) in [6.45, 7) is 3.49. The maximum atomic E-state index is 11.8. The van der Waals surface area contributed by atoms with Gasteiger partial charge in [0.2, 0.25) is 10.0 Å². The first-order valence-corrected chi connectivity index (χ1v) is 6.54. The van der Waals surface area contributed by atoms with Crippen molar-refractivity contribution in [3.05, 3.63) is 36.4 Å². The molecule has 0 unspecified atom stereocenters. The second-order valence-electron chi connectivity index (χ2n) is 3.63. The zero-order chi connectivity index (χ0) is 13.3. The molecule has 0 fully saturated rings. The van der Waals surface area contributed by atoms with E-state index < -0.39 is 21.7 Å². The van der Waals surface area contributed by atoms with Gasteiger partial charge in [0.05, 0.1) is 16.1 Å². The second kappa shape index (κ2) is 4.35. The van der Waals surface area contributed by atoms with Crippen LogP contribution in [0.1, 0.15) is 10.4 Å². The molecule has 1 aromatic carbocycles. The highest BCUT2D eigenvalue weighted by Gasteiger charge is 2.29. The van der Waals surface area contributed by atoms with E-state index in [1.165, 1.54) is 24.3 Å². The number of anilines is 1. The van der Waals surface area contributed by atoms with Gasteiger partial charge in [-0.05, 0) is 18.2 Å². The van der Waals surface area contributed by atoms with Crippen LogP contribution < -0.4 is 10.0 Å². The van der Waals surface area contributed by atoms with E-state index in [0.717, 1.165) is 0 Å². The van der Waals surface area contributed by atoms with E-state index >= 15 is 0 Å². The summed E-state index contributed by atoms with van der Waals surface area (Å²) in [6.07, 6.45) is 1.40. The van der Waals surface area contributed by atoms with Gasteiger partial charge in [-0.3, -0.25) is 9.59 Å². The second-order valence-corrected chi connectivity index (χ2v) is 5.40. The lowest BCUT2D eigenvalue weighted by Crippen LogP contribution is -2.23. The van der Waals surface area contributed by atoms with Crippen LogP contribution in [-0.4, -0.2) is 26.7 Å². The Balaban J connectivity index is 2.42. The van der Waals surface area contributed by atoms with Crippen molar-refractivity contribution >= 4 is 27.4 Å². The number of nitrogens with one attached hydrogen (secondary N) is 2. The number of ketones is 1. The number of hydrogen-bond donors (Lipinski definition) is 2. The molecular formula is C11H10N2O4S. The van der Waals surface area contributed by atoms with Crippen LogP contribution in [0.15, 0.2) is 35.7 Å². The molecule has 0 aliphatic carbocycles.